The van der Waals surface area contributed by atoms with E-state index in [-0.39, 0.29) is 5.91 Å². The largest absolute Gasteiger partial charge is 0.310 e. The van der Waals surface area contributed by atoms with Gasteiger partial charge >= 0.3 is 0 Å². The Kier molecular flexibility index (Phi) is 4.03. The molecule has 108 valence electrons. The molecule has 1 unspecified atom stereocenters. The van der Waals surface area contributed by atoms with E-state index < -0.39 is 0 Å². The zero-order valence-electron chi connectivity index (χ0n) is 12.2. The molecule has 1 amide bonds. The third-order valence-corrected chi connectivity index (χ3v) is 5.34. The Hall–Kier alpha value is -1.00. The lowest BCUT2D eigenvalue weighted by Gasteiger charge is -2.31. The van der Waals surface area contributed by atoms with Gasteiger partial charge in [0.05, 0.1) is 11.4 Å². The third kappa shape index (κ3) is 2.72. The Labute approximate surface area is 125 Å². The highest BCUT2D eigenvalue weighted by molar-refractivity contribution is 8.00. The van der Waals surface area contributed by atoms with Crippen LogP contribution in [0.4, 0.5) is 5.69 Å². The summed E-state index contributed by atoms with van der Waals surface area (Å²) in [6.07, 6.45) is 1.21. The molecule has 4 heteroatoms. The summed E-state index contributed by atoms with van der Waals surface area (Å²) >= 11 is 1.66. The van der Waals surface area contributed by atoms with Crippen molar-refractivity contribution in [2.45, 2.75) is 31.2 Å². The zero-order chi connectivity index (χ0) is 14.1. The number of carbonyl (C=O) groups is 1. The van der Waals surface area contributed by atoms with E-state index in [0.717, 1.165) is 18.8 Å². The number of amides is 1. The van der Waals surface area contributed by atoms with Gasteiger partial charge in [-0.2, -0.15) is 0 Å². The molecule has 2 aliphatic rings. The Morgan fingerprint density at radius 1 is 1.35 bits per heavy atom. The Morgan fingerprint density at radius 3 is 2.90 bits per heavy atom. The standard InChI is InChI=1S/C16H22N2OS/c1-12(2)17-8-7-13(9-17)10-18-14-5-3-4-6-15(14)20-11-16(18)19/h3-6,12-13H,7-11H2,1-2H3. The summed E-state index contributed by atoms with van der Waals surface area (Å²) in [5.74, 6) is 1.45. The number of para-hydroxylation sites is 1. The predicted molar refractivity (Wildman–Crippen MR) is 84.3 cm³/mol. The van der Waals surface area contributed by atoms with Crippen LogP contribution in [0.1, 0.15) is 20.3 Å². The van der Waals surface area contributed by atoms with Crippen LogP contribution in [0.3, 0.4) is 0 Å². The number of thioether (sulfide) groups is 1. The van der Waals surface area contributed by atoms with Gasteiger partial charge in [-0.15, -0.1) is 11.8 Å². The molecule has 20 heavy (non-hydrogen) atoms. The molecule has 1 aromatic carbocycles. The van der Waals surface area contributed by atoms with Crippen molar-refractivity contribution in [3.05, 3.63) is 24.3 Å². The van der Waals surface area contributed by atoms with Crippen molar-refractivity contribution < 1.29 is 4.79 Å². The number of carbonyl (C=O) groups excluding carboxylic acids is 1. The quantitative estimate of drug-likeness (QED) is 0.855. The first-order chi connectivity index (χ1) is 9.65. The Balaban J connectivity index is 1.73. The molecule has 0 N–H and O–H groups in total. The minimum atomic E-state index is 0.261. The van der Waals surface area contributed by atoms with Crippen molar-refractivity contribution in [3.8, 4) is 0 Å². The second-order valence-corrected chi connectivity index (χ2v) is 7.02. The molecule has 3 rings (SSSR count). The van der Waals surface area contributed by atoms with Crippen LogP contribution in [-0.4, -0.2) is 42.2 Å². The van der Waals surface area contributed by atoms with E-state index in [2.05, 4.69) is 36.9 Å². The maximum atomic E-state index is 12.3. The van der Waals surface area contributed by atoms with Crippen LogP contribution in [-0.2, 0) is 4.79 Å². The fourth-order valence-electron chi connectivity index (χ4n) is 3.09. The van der Waals surface area contributed by atoms with Gasteiger partial charge in [0.1, 0.15) is 0 Å². The molecule has 0 radical (unpaired) electrons. The average Bonchev–Trinajstić information content (AvgIpc) is 2.91. The second-order valence-electron chi connectivity index (χ2n) is 6.00. The van der Waals surface area contributed by atoms with Crippen LogP contribution in [0.15, 0.2) is 29.2 Å². The molecular weight excluding hydrogens is 268 g/mol. The Bertz CT molecular complexity index is 503. The van der Waals surface area contributed by atoms with Gasteiger partial charge in [0.15, 0.2) is 0 Å². The van der Waals surface area contributed by atoms with Crippen molar-refractivity contribution in [2.75, 3.05) is 30.3 Å². The third-order valence-electron chi connectivity index (χ3n) is 4.30. The van der Waals surface area contributed by atoms with Gasteiger partial charge in [-0.3, -0.25) is 4.79 Å². The smallest absolute Gasteiger partial charge is 0.237 e. The lowest BCUT2D eigenvalue weighted by atomic mass is 10.1. The summed E-state index contributed by atoms with van der Waals surface area (Å²) in [7, 11) is 0. The topological polar surface area (TPSA) is 23.6 Å². The number of hydrogen-bond acceptors (Lipinski definition) is 3. The van der Waals surface area contributed by atoms with Crippen LogP contribution < -0.4 is 4.90 Å². The van der Waals surface area contributed by atoms with Crippen LogP contribution in [0.5, 0.6) is 0 Å². The first-order valence-electron chi connectivity index (χ1n) is 7.41. The minimum Gasteiger partial charge on any atom is -0.310 e. The molecule has 1 fully saturated rings. The van der Waals surface area contributed by atoms with Crippen LogP contribution in [0.25, 0.3) is 0 Å². The van der Waals surface area contributed by atoms with Gasteiger partial charge in [-0.25, -0.2) is 0 Å². The highest BCUT2D eigenvalue weighted by Gasteiger charge is 2.30. The highest BCUT2D eigenvalue weighted by atomic mass is 32.2. The predicted octanol–water partition coefficient (Wildman–Crippen LogP) is 2.86. The molecule has 0 aromatic heterocycles. The number of hydrogen-bond donors (Lipinski definition) is 0. The monoisotopic (exact) mass is 290 g/mol. The summed E-state index contributed by atoms with van der Waals surface area (Å²) in [5, 5.41) is 0. The summed E-state index contributed by atoms with van der Waals surface area (Å²) in [6, 6.07) is 8.89. The van der Waals surface area contributed by atoms with Crippen molar-refractivity contribution in [2.24, 2.45) is 5.92 Å². The van der Waals surface area contributed by atoms with E-state index in [1.807, 2.05) is 11.0 Å². The molecule has 1 atom stereocenters. The van der Waals surface area contributed by atoms with Gasteiger partial charge in [-0.05, 0) is 44.9 Å². The van der Waals surface area contributed by atoms with Gasteiger partial charge in [0.25, 0.3) is 0 Å². The van der Waals surface area contributed by atoms with Gasteiger partial charge < -0.3 is 9.80 Å². The molecule has 0 saturated carbocycles. The van der Waals surface area contributed by atoms with Crippen LogP contribution in [0, 0.1) is 5.92 Å². The molecule has 0 bridgehead atoms. The second kappa shape index (κ2) is 5.78. The Morgan fingerprint density at radius 2 is 2.15 bits per heavy atom. The summed E-state index contributed by atoms with van der Waals surface area (Å²) in [5.41, 5.74) is 1.11. The van der Waals surface area contributed by atoms with Gasteiger partial charge in [-0.1, -0.05) is 12.1 Å². The van der Waals surface area contributed by atoms with E-state index in [1.54, 1.807) is 11.8 Å². The summed E-state index contributed by atoms with van der Waals surface area (Å²) < 4.78 is 0. The first kappa shape index (κ1) is 14.0. The fourth-order valence-corrected chi connectivity index (χ4v) is 4.03. The van der Waals surface area contributed by atoms with Crippen LogP contribution >= 0.6 is 11.8 Å². The lowest BCUT2D eigenvalue weighted by molar-refractivity contribution is -0.116. The van der Waals surface area contributed by atoms with Crippen molar-refractivity contribution in [1.29, 1.82) is 0 Å². The molecule has 0 aliphatic carbocycles. The van der Waals surface area contributed by atoms with E-state index >= 15 is 0 Å². The fraction of sp³-hybridized carbons (Fsp3) is 0.562. The zero-order valence-corrected chi connectivity index (χ0v) is 13.0. The molecule has 3 nitrogen and oxygen atoms in total. The molecule has 0 spiro atoms. The maximum absolute atomic E-state index is 12.3. The average molecular weight is 290 g/mol. The maximum Gasteiger partial charge on any atom is 0.237 e. The summed E-state index contributed by atoms with van der Waals surface area (Å²) in [6.45, 7) is 7.66. The number of anilines is 1. The van der Waals surface area contributed by atoms with Crippen molar-refractivity contribution in [1.82, 2.24) is 4.90 Å². The minimum absolute atomic E-state index is 0.261. The highest BCUT2D eigenvalue weighted by Crippen LogP contribution is 2.36. The molecule has 2 heterocycles. The molecule has 2 aliphatic heterocycles. The number of likely N-dealkylation sites (tertiary alicyclic amines) is 1. The van der Waals surface area contributed by atoms with E-state index in [0.29, 0.717) is 17.7 Å². The number of benzene rings is 1. The molecule has 1 aromatic rings. The van der Waals surface area contributed by atoms with E-state index in [4.69, 9.17) is 0 Å². The number of fused-ring (bicyclic) bond motifs is 1. The normalized spacial score (nSPS) is 23.4. The number of rotatable bonds is 3. The van der Waals surface area contributed by atoms with E-state index in [9.17, 15) is 4.79 Å². The molecule has 1 saturated heterocycles. The van der Waals surface area contributed by atoms with Crippen molar-refractivity contribution >= 4 is 23.4 Å². The summed E-state index contributed by atoms with van der Waals surface area (Å²) in [4.78, 5) is 18.0. The molecular formula is C16H22N2OS. The van der Waals surface area contributed by atoms with Gasteiger partial charge in [0.2, 0.25) is 5.91 Å². The van der Waals surface area contributed by atoms with Crippen molar-refractivity contribution in [3.63, 3.8) is 0 Å². The van der Waals surface area contributed by atoms with Crippen LogP contribution in [0.2, 0.25) is 0 Å². The first-order valence-corrected chi connectivity index (χ1v) is 8.40. The van der Waals surface area contributed by atoms with E-state index in [1.165, 1.54) is 17.9 Å². The SMILES string of the molecule is CC(C)N1CCC(CN2C(=O)CSc3ccccc32)C1. The lowest BCUT2D eigenvalue weighted by Crippen LogP contribution is -2.40. The van der Waals surface area contributed by atoms with Gasteiger partial charge in [0, 0.05) is 24.0 Å². The number of nitrogens with zero attached hydrogens (tertiary/aromatic N) is 2.